The van der Waals surface area contributed by atoms with Crippen LogP contribution in [-0.2, 0) is 11.0 Å². The number of likely N-dealkylation sites (N-methyl/N-ethyl adjacent to an activating group) is 1. The summed E-state index contributed by atoms with van der Waals surface area (Å²) in [6, 6.07) is 0. The van der Waals surface area contributed by atoms with E-state index in [-0.39, 0.29) is 6.17 Å². The molecule has 0 aliphatic carbocycles. The minimum absolute atomic E-state index is 0.157. The first kappa shape index (κ1) is 5.94. The topological polar surface area (TPSA) is 46.3 Å². The highest BCUT2D eigenvalue weighted by Crippen LogP contribution is 2.05. The van der Waals surface area contributed by atoms with Crippen LogP contribution in [0.1, 0.15) is 0 Å². The van der Waals surface area contributed by atoms with Crippen molar-refractivity contribution in [1.29, 1.82) is 0 Å². The molecule has 0 aromatic rings. The quantitative estimate of drug-likeness (QED) is 0.478. The van der Waals surface area contributed by atoms with Crippen LogP contribution in [0, 0.1) is 0 Å². The fraction of sp³-hybridized carbons (Fsp3) is 0.500. The number of nitrogens with two attached hydrogens (primary N) is 1. The van der Waals surface area contributed by atoms with Crippen molar-refractivity contribution in [3.63, 3.8) is 0 Å². The molecule has 4 heteroatoms. The van der Waals surface area contributed by atoms with Gasteiger partial charge >= 0.3 is 0 Å². The Kier molecular flexibility index (Phi) is 1.46. The van der Waals surface area contributed by atoms with E-state index in [2.05, 4.69) is 0 Å². The second-order valence-corrected chi connectivity index (χ2v) is 3.04. The van der Waals surface area contributed by atoms with Gasteiger partial charge in [0.2, 0.25) is 0 Å². The van der Waals surface area contributed by atoms with E-state index in [0.717, 1.165) is 0 Å². The molecule has 2 unspecified atom stereocenters. The summed E-state index contributed by atoms with van der Waals surface area (Å²) in [4.78, 5) is 0. The minimum Gasteiger partial charge on any atom is -0.312 e. The smallest absolute Gasteiger partial charge is 0.121 e. The maximum atomic E-state index is 10.7. The summed E-state index contributed by atoms with van der Waals surface area (Å²) in [7, 11) is 0.753. The lowest BCUT2D eigenvalue weighted by Gasteiger charge is -2.10. The number of nitrogens with zero attached hydrogens (tertiary/aromatic N) is 1. The first-order chi connectivity index (χ1) is 3.72. The average molecular weight is 132 g/mol. The molecule has 0 saturated carbocycles. The molecule has 0 bridgehead atoms. The normalized spacial score (nSPS) is 38.8. The van der Waals surface area contributed by atoms with Crippen molar-refractivity contribution in [3.05, 3.63) is 11.5 Å². The van der Waals surface area contributed by atoms with Crippen molar-refractivity contribution in [1.82, 2.24) is 4.31 Å². The van der Waals surface area contributed by atoms with Gasteiger partial charge in [0.05, 0.1) is 6.17 Å². The molecular weight excluding hydrogens is 124 g/mol. The summed E-state index contributed by atoms with van der Waals surface area (Å²) in [6.07, 6.45) is 1.56. The van der Waals surface area contributed by atoms with E-state index in [1.807, 2.05) is 0 Å². The van der Waals surface area contributed by atoms with Crippen LogP contribution >= 0.6 is 0 Å². The highest BCUT2D eigenvalue weighted by molar-refractivity contribution is 7.85. The van der Waals surface area contributed by atoms with Crippen LogP contribution in [0.4, 0.5) is 0 Å². The summed E-state index contributed by atoms with van der Waals surface area (Å²) in [6.45, 7) is 0. The Bertz CT molecular complexity index is 145. The molecule has 46 valence electrons. The van der Waals surface area contributed by atoms with Gasteiger partial charge in [0.15, 0.2) is 0 Å². The maximum absolute atomic E-state index is 10.7. The monoisotopic (exact) mass is 132 g/mol. The summed E-state index contributed by atoms with van der Waals surface area (Å²) >= 11 is 0. The van der Waals surface area contributed by atoms with Gasteiger partial charge in [-0.1, -0.05) is 0 Å². The van der Waals surface area contributed by atoms with Gasteiger partial charge in [-0.3, -0.25) is 0 Å². The molecule has 0 aromatic heterocycles. The zero-order valence-electron chi connectivity index (χ0n) is 4.57. The number of hydrogen-bond donors (Lipinski definition) is 1. The molecule has 2 N–H and O–H groups in total. The molecule has 8 heavy (non-hydrogen) atoms. The highest BCUT2D eigenvalue weighted by atomic mass is 32.2. The van der Waals surface area contributed by atoms with Gasteiger partial charge in [-0.2, -0.15) is 0 Å². The van der Waals surface area contributed by atoms with Crippen LogP contribution in [0.2, 0.25) is 0 Å². The Hall–Kier alpha value is -0.190. The molecule has 0 saturated heterocycles. The van der Waals surface area contributed by atoms with E-state index < -0.39 is 11.0 Å². The SMILES string of the molecule is CN1C(N)C=CS1=O. The van der Waals surface area contributed by atoms with Crippen LogP contribution in [-0.4, -0.2) is 21.7 Å². The molecule has 1 heterocycles. The highest BCUT2D eigenvalue weighted by Gasteiger charge is 2.16. The van der Waals surface area contributed by atoms with Crippen LogP contribution in [0.15, 0.2) is 11.5 Å². The molecule has 0 aromatic carbocycles. The van der Waals surface area contributed by atoms with Crippen LogP contribution < -0.4 is 5.73 Å². The molecule has 2 atom stereocenters. The molecule has 1 rings (SSSR count). The van der Waals surface area contributed by atoms with Gasteiger partial charge in [0, 0.05) is 12.5 Å². The van der Waals surface area contributed by atoms with Crippen LogP contribution in [0.25, 0.3) is 0 Å². The minimum atomic E-state index is -0.970. The van der Waals surface area contributed by atoms with Gasteiger partial charge in [-0.25, -0.2) is 8.51 Å². The third-order valence-corrected chi connectivity index (χ3v) is 2.30. The fourth-order valence-corrected chi connectivity index (χ4v) is 1.28. The number of hydrogen-bond acceptors (Lipinski definition) is 2. The molecule has 0 spiro atoms. The van der Waals surface area contributed by atoms with Gasteiger partial charge in [-0.15, -0.1) is 0 Å². The van der Waals surface area contributed by atoms with E-state index in [4.69, 9.17) is 5.73 Å². The van der Waals surface area contributed by atoms with Crippen molar-refractivity contribution >= 4 is 11.0 Å². The van der Waals surface area contributed by atoms with Crippen molar-refractivity contribution < 1.29 is 4.21 Å². The largest absolute Gasteiger partial charge is 0.312 e. The Balaban J connectivity index is 2.69. The van der Waals surface area contributed by atoms with Crippen molar-refractivity contribution in [3.8, 4) is 0 Å². The predicted molar refractivity (Wildman–Crippen MR) is 33.0 cm³/mol. The second-order valence-electron chi connectivity index (χ2n) is 1.64. The van der Waals surface area contributed by atoms with E-state index in [0.29, 0.717) is 0 Å². The van der Waals surface area contributed by atoms with Gasteiger partial charge in [0.25, 0.3) is 0 Å². The predicted octanol–water partition coefficient (Wildman–Crippen LogP) is -0.606. The zero-order valence-corrected chi connectivity index (χ0v) is 5.39. The first-order valence-electron chi connectivity index (χ1n) is 2.29. The molecule has 1 aliphatic heterocycles. The maximum Gasteiger partial charge on any atom is 0.121 e. The molecule has 0 fully saturated rings. The van der Waals surface area contributed by atoms with E-state index in [1.165, 1.54) is 0 Å². The van der Waals surface area contributed by atoms with Crippen molar-refractivity contribution in [2.45, 2.75) is 6.17 Å². The number of rotatable bonds is 0. The molecular formula is C4H8N2OS. The molecule has 0 amide bonds. The van der Waals surface area contributed by atoms with Crippen molar-refractivity contribution in [2.24, 2.45) is 5.73 Å². The Morgan fingerprint density at radius 3 is 2.62 bits per heavy atom. The first-order valence-corrected chi connectivity index (χ1v) is 3.46. The third-order valence-electron chi connectivity index (χ3n) is 1.10. The molecule has 1 aliphatic rings. The van der Waals surface area contributed by atoms with Gasteiger partial charge in [0.1, 0.15) is 11.0 Å². The molecule has 3 nitrogen and oxygen atoms in total. The summed E-state index contributed by atoms with van der Waals surface area (Å²) in [5, 5.41) is 1.59. The second kappa shape index (κ2) is 1.97. The van der Waals surface area contributed by atoms with Crippen molar-refractivity contribution in [2.75, 3.05) is 7.05 Å². The molecule has 0 radical (unpaired) electrons. The lowest BCUT2D eigenvalue weighted by atomic mass is 10.5. The Morgan fingerprint density at radius 1 is 1.88 bits per heavy atom. The zero-order chi connectivity index (χ0) is 6.15. The standard InChI is InChI=1S/C4H8N2OS/c1-6-4(5)2-3-8(6)7/h2-4H,5H2,1H3. The van der Waals surface area contributed by atoms with Crippen LogP contribution in [0.3, 0.4) is 0 Å². The van der Waals surface area contributed by atoms with E-state index >= 15 is 0 Å². The Morgan fingerprint density at radius 2 is 2.50 bits per heavy atom. The lowest BCUT2D eigenvalue weighted by molar-refractivity contribution is 0.477. The van der Waals surface area contributed by atoms with Crippen LogP contribution in [0.5, 0.6) is 0 Å². The lowest BCUT2D eigenvalue weighted by Crippen LogP contribution is -2.33. The average Bonchev–Trinajstić information content (AvgIpc) is 1.98. The van der Waals surface area contributed by atoms with Gasteiger partial charge in [-0.05, 0) is 6.08 Å². The third kappa shape index (κ3) is 0.819. The Labute approximate surface area is 50.7 Å². The van der Waals surface area contributed by atoms with Gasteiger partial charge < -0.3 is 5.73 Å². The van der Waals surface area contributed by atoms with E-state index in [9.17, 15) is 4.21 Å². The van der Waals surface area contributed by atoms with E-state index in [1.54, 1.807) is 22.8 Å². The summed E-state index contributed by atoms with van der Waals surface area (Å²) in [5.74, 6) is 0. The summed E-state index contributed by atoms with van der Waals surface area (Å²) in [5.41, 5.74) is 5.41. The fourth-order valence-electron chi connectivity index (χ4n) is 0.485. The summed E-state index contributed by atoms with van der Waals surface area (Å²) < 4.78 is 12.2.